The van der Waals surface area contributed by atoms with E-state index in [0.29, 0.717) is 23.7 Å². The van der Waals surface area contributed by atoms with Crippen molar-refractivity contribution in [3.63, 3.8) is 0 Å². The van der Waals surface area contributed by atoms with Crippen molar-refractivity contribution < 1.29 is 4.74 Å². The number of rotatable bonds is 6. The van der Waals surface area contributed by atoms with Gasteiger partial charge >= 0.3 is 6.01 Å². The van der Waals surface area contributed by atoms with Gasteiger partial charge in [0.15, 0.2) is 5.16 Å². The van der Waals surface area contributed by atoms with E-state index in [1.807, 2.05) is 25.5 Å². The zero-order chi connectivity index (χ0) is 14.5. The fourth-order valence-electron chi connectivity index (χ4n) is 1.31. The van der Waals surface area contributed by atoms with Crippen LogP contribution in [-0.2, 0) is 7.05 Å². The molecule has 0 unspecified atom stereocenters. The second-order valence-electron chi connectivity index (χ2n) is 4.01. The lowest BCUT2D eigenvalue weighted by Crippen LogP contribution is -2.06. The molecule has 2 heterocycles. The summed E-state index contributed by atoms with van der Waals surface area (Å²) in [7, 11) is 3.65. The molecule has 0 radical (unpaired) electrons. The molecule has 8 nitrogen and oxygen atoms in total. The molecule has 0 amide bonds. The van der Waals surface area contributed by atoms with Gasteiger partial charge in [-0.1, -0.05) is 6.92 Å². The Balaban J connectivity index is 2.23. The van der Waals surface area contributed by atoms with Crippen LogP contribution in [0.2, 0.25) is 0 Å². The Morgan fingerprint density at radius 1 is 1.25 bits per heavy atom. The van der Waals surface area contributed by atoms with E-state index in [2.05, 4.69) is 30.5 Å². The molecule has 0 saturated carbocycles. The Bertz CT molecular complexity index is 586. The highest BCUT2D eigenvalue weighted by Gasteiger charge is 2.12. The smallest absolute Gasteiger partial charge is 0.322 e. The van der Waals surface area contributed by atoms with Gasteiger partial charge in [-0.25, -0.2) is 0 Å². The Hall–Kier alpha value is -1.90. The van der Waals surface area contributed by atoms with Crippen LogP contribution in [-0.4, -0.2) is 43.4 Å². The lowest BCUT2D eigenvalue weighted by molar-refractivity contribution is 0.288. The monoisotopic (exact) mass is 295 g/mol. The quantitative estimate of drug-likeness (QED) is 0.852. The maximum Gasteiger partial charge on any atom is 0.322 e. The Morgan fingerprint density at radius 3 is 2.65 bits per heavy atom. The minimum Gasteiger partial charge on any atom is -0.463 e. The van der Waals surface area contributed by atoms with Crippen LogP contribution in [0.15, 0.2) is 10.3 Å². The van der Waals surface area contributed by atoms with Gasteiger partial charge in [-0.05, 0) is 25.1 Å². The molecule has 0 aliphatic heterocycles. The van der Waals surface area contributed by atoms with Crippen LogP contribution in [0.25, 0.3) is 0 Å². The molecule has 2 aromatic rings. The zero-order valence-corrected chi connectivity index (χ0v) is 12.7. The van der Waals surface area contributed by atoms with Crippen molar-refractivity contribution in [2.75, 3.05) is 19.0 Å². The van der Waals surface area contributed by atoms with Crippen molar-refractivity contribution in [3.05, 3.63) is 5.82 Å². The Labute approximate surface area is 121 Å². The maximum atomic E-state index is 5.45. The minimum absolute atomic E-state index is 0.313. The molecule has 0 aliphatic carbocycles. The third-order valence-electron chi connectivity index (χ3n) is 2.49. The lowest BCUT2D eigenvalue weighted by Gasteiger charge is -2.06. The van der Waals surface area contributed by atoms with Crippen LogP contribution >= 0.6 is 11.8 Å². The van der Waals surface area contributed by atoms with Gasteiger partial charge in [0.25, 0.3) is 0 Å². The summed E-state index contributed by atoms with van der Waals surface area (Å²) in [5.41, 5.74) is 0. The predicted octanol–water partition coefficient (Wildman–Crippen LogP) is 1.29. The summed E-state index contributed by atoms with van der Waals surface area (Å²) in [5.74, 6) is 1.30. The average Bonchev–Trinajstić information content (AvgIpc) is 2.77. The number of anilines is 1. The van der Waals surface area contributed by atoms with Crippen molar-refractivity contribution >= 4 is 17.7 Å². The second kappa shape index (κ2) is 6.51. The molecule has 108 valence electrons. The molecule has 0 aromatic carbocycles. The minimum atomic E-state index is 0.313. The normalized spacial score (nSPS) is 10.6. The van der Waals surface area contributed by atoms with E-state index >= 15 is 0 Å². The van der Waals surface area contributed by atoms with Gasteiger partial charge in [-0.15, -0.1) is 10.2 Å². The molecular weight excluding hydrogens is 278 g/mol. The van der Waals surface area contributed by atoms with Crippen LogP contribution in [0.4, 0.5) is 5.95 Å². The molecule has 0 saturated heterocycles. The molecule has 9 heteroatoms. The summed E-state index contributed by atoms with van der Waals surface area (Å²) in [6.45, 7) is 4.48. The van der Waals surface area contributed by atoms with Gasteiger partial charge in [0.05, 0.1) is 6.61 Å². The molecule has 0 aliphatic rings. The first-order valence-electron chi connectivity index (χ1n) is 6.24. The van der Waals surface area contributed by atoms with Gasteiger partial charge in [-0.3, -0.25) is 0 Å². The summed E-state index contributed by atoms with van der Waals surface area (Å²) < 4.78 is 7.33. The van der Waals surface area contributed by atoms with Crippen molar-refractivity contribution in [1.82, 2.24) is 29.7 Å². The van der Waals surface area contributed by atoms with E-state index in [4.69, 9.17) is 4.74 Å². The molecule has 0 bridgehead atoms. The van der Waals surface area contributed by atoms with E-state index in [0.717, 1.165) is 17.4 Å². The maximum absolute atomic E-state index is 5.45. The van der Waals surface area contributed by atoms with Gasteiger partial charge in [-0.2, -0.15) is 15.0 Å². The number of aryl methyl sites for hydroxylation is 1. The number of ether oxygens (including phenoxy) is 1. The number of aromatic nitrogens is 6. The van der Waals surface area contributed by atoms with Gasteiger partial charge < -0.3 is 14.6 Å². The molecule has 0 spiro atoms. The largest absolute Gasteiger partial charge is 0.463 e. The number of nitrogens with zero attached hydrogens (tertiary/aromatic N) is 6. The summed E-state index contributed by atoms with van der Waals surface area (Å²) in [4.78, 5) is 12.7. The number of nitrogens with one attached hydrogen (secondary N) is 1. The summed E-state index contributed by atoms with van der Waals surface area (Å²) in [6, 6.07) is 0.313. The fraction of sp³-hybridized carbons (Fsp3) is 0.545. The molecule has 2 aromatic heterocycles. The molecule has 0 fully saturated rings. The van der Waals surface area contributed by atoms with Gasteiger partial charge in [0.1, 0.15) is 5.82 Å². The van der Waals surface area contributed by atoms with Crippen molar-refractivity contribution in [1.29, 1.82) is 0 Å². The van der Waals surface area contributed by atoms with E-state index in [-0.39, 0.29) is 0 Å². The number of hydrogen-bond acceptors (Lipinski definition) is 8. The highest BCUT2D eigenvalue weighted by atomic mass is 32.2. The first-order valence-corrected chi connectivity index (χ1v) is 7.06. The van der Waals surface area contributed by atoms with Gasteiger partial charge in [0, 0.05) is 14.1 Å². The molecular formula is C11H17N7OS. The summed E-state index contributed by atoms with van der Waals surface area (Å²) in [5, 5.41) is 12.2. The lowest BCUT2D eigenvalue weighted by atomic mass is 10.5. The third-order valence-corrected chi connectivity index (χ3v) is 3.39. The van der Waals surface area contributed by atoms with Crippen LogP contribution in [0, 0.1) is 6.92 Å². The molecule has 2 rings (SSSR count). The molecule has 20 heavy (non-hydrogen) atoms. The summed E-state index contributed by atoms with van der Waals surface area (Å²) in [6.07, 6.45) is 0.894. The second-order valence-corrected chi connectivity index (χ2v) is 4.95. The van der Waals surface area contributed by atoms with E-state index in [1.54, 1.807) is 7.05 Å². The van der Waals surface area contributed by atoms with Crippen molar-refractivity contribution in [3.8, 4) is 6.01 Å². The molecule has 1 N–H and O–H groups in total. The van der Waals surface area contributed by atoms with Crippen LogP contribution in [0.5, 0.6) is 6.01 Å². The zero-order valence-electron chi connectivity index (χ0n) is 11.9. The third kappa shape index (κ3) is 3.35. The van der Waals surface area contributed by atoms with E-state index < -0.39 is 0 Å². The standard InChI is InChI=1S/C11H17N7OS/c1-5-6-19-9-13-8(12-3)14-10(15-9)20-11-17-16-7(2)18(11)4/h5-6H2,1-4H3,(H,12,13,14,15). The topological polar surface area (TPSA) is 90.6 Å². The average molecular weight is 295 g/mol. The van der Waals surface area contributed by atoms with Crippen molar-refractivity contribution in [2.24, 2.45) is 7.05 Å². The Kier molecular flexibility index (Phi) is 4.72. The van der Waals surface area contributed by atoms with Crippen molar-refractivity contribution in [2.45, 2.75) is 30.6 Å². The predicted molar refractivity (Wildman–Crippen MR) is 75.0 cm³/mol. The van der Waals surface area contributed by atoms with Crippen LogP contribution < -0.4 is 10.1 Å². The Morgan fingerprint density at radius 2 is 2.05 bits per heavy atom. The highest BCUT2D eigenvalue weighted by molar-refractivity contribution is 7.99. The first kappa shape index (κ1) is 14.5. The van der Waals surface area contributed by atoms with Crippen LogP contribution in [0.1, 0.15) is 19.2 Å². The van der Waals surface area contributed by atoms with Crippen LogP contribution in [0.3, 0.4) is 0 Å². The summed E-state index contributed by atoms with van der Waals surface area (Å²) >= 11 is 1.32. The first-order chi connectivity index (χ1) is 9.63. The number of hydrogen-bond donors (Lipinski definition) is 1. The molecule has 0 atom stereocenters. The highest BCUT2D eigenvalue weighted by Crippen LogP contribution is 2.24. The SMILES string of the molecule is CCCOc1nc(NC)nc(Sc2nnc(C)n2C)n1. The fourth-order valence-corrected chi connectivity index (χ4v) is 2.08. The van der Waals surface area contributed by atoms with Gasteiger partial charge in [0.2, 0.25) is 11.1 Å². The van der Waals surface area contributed by atoms with E-state index in [9.17, 15) is 0 Å². The van der Waals surface area contributed by atoms with E-state index in [1.165, 1.54) is 11.8 Å².